The number of hydrogen-bond acceptors (Lipinski definition) is 9. The largest absolute Gasteiger partial charge is 0.355 e. The predicted octanol–water partition coefficient (Wildman–Crippen LogP) is 8.70. The molecule has 7 rings (SSSR count). The van der Waals surface area contributed by atoms with Gasteiger partial charge in [0.2, 0.25) is 11.6 Å². The van der Waals surface area contributed by atoms with Crippen LogP contribution in [0.3, 0.4) is 0 Å². The second-order valence-electron chi connectivity index (χ2n) is 19.5. The normalized spacial score (nSPS) is 20.0. The molecule has 1 amide bonds. The van der Waals surface area contributed by atoms with Gasteiger partial charge >= 0.3 is 0 Å². The van der Waals surface area contributed by atoms with E-state index in [1.165, 1.54) is 29.1 Å². The lowest BCUT2D eigenvalue weighted by atomic mass is 9.81. The van der Waals surface area contributed by atoms with Gasteiger partial charge in [0, 0.05) is 97.8 Å². The molecule has 1 fully saturated rings. The summed E-state index contributed by atoms with van der Waals surface area (Å²) in [6.45, 7) is 16.2. The van der Waals surface area contributed by atoms with E-state index >= 15 is 0 Å². The molecule has 0 bridgehead atoms. The lowest BCUT2D eigenvalue weighted by Crippen LogP contribution is -2.48. The lowest BCUT2D eigenvalue weighted by Gasteiger charge is -2.32. The minimum atomic E-state index is -4.47. The summed E-state index contributed by atoms with van der Waals surface area (Å²) in [5.41, 5.74) is 10.2. The van der Waals surface area contributed by atoms with E-state index in [0.29, 0.717) is 19.5 Å². The average molecular weight is 954 g/mol. The summed E-state index contributed by atoms with van der Waals surface area (Å²) in [5, 5.41) is 3.81. The number of para-hydroxylation sites is 1. The highest BCUT2D eigenvalue weighted by molar-refractivity contribution is 7.86. The number of piperazine rings is 1. The Morgan fingerprint density at radius 3 is 2.25 bits per heavy atom. The van der Waals surface area contributed by atoms with Crippen molar-refractivity contribution < 1.29 is 35.3 Å². The topological polar surface area (TPSA) is 154 Å². The molecule has 13 nitrogen and oxygen atoms in total. The maximum Gasteiger partial charge on any atom is 0.294 e. The SMILES string of the molecule is CCCC[N+]1=C(/C=C/C2=C(Nc3ccc(N(C)C(=O)CN4CCN(C)CC4)cc3)C(=C/C=C3/N(CCCCS(=O)(=O)O)c4ccc(S(=O)(=O)O)cc4C3(C)C)/CCC2)C(C)(C)c2ccccc21. The first kappa shape index (κ1) is 50.0. The molecule has 0 unspecified atom stereocenters. The molecule has 0 spiro atoms. The van der Waals surface area contributed by atoms with Gasteiger partial charge in [-0.25, -0.2) is 0 Å². The Hall–Kier alpha value is -4.90. The molecule has 67 heavy (non-hydrogen) atoms. The molecule has 15 heteroatoms. The fourth-order valence-corrected chi connectivity index (χ4v) is 11.0. The average Bonchev–Trinajstić information content (AvgIpc) is 3.63. The number of nitrogens with one attached hydrogen (secondary N) is 1. The molecule has 1 saturated heterocycles. The highest BCUT2D eigenvalue weighted by Crippen LogP contribution is 2.49. The third kappa shape index (κ3) is 11.4. The van der Waals surface area contributed by atoms with Crippen molar-refractivity contribution >= 4 is 54.6 Å². The first-order valence-corrected chi connectivity index (χ1v) is 26.7. The molecule has 3 aliphatic heterocycles. The third-order valence-electron chi connectivity index (χ3n) is 14.0. The van der Waals surface area contributed by atoms with Crippen molar-refractivity contribution in [2.75, 3.05) is 80.8 Å². The summed E-state index contributed by atoms with van der Waals surface area (Å²) >= 11 is 0. The van der Waals surface area contributed by atoms with Crippen molar-refractivity contribution in [3.8, 4) is 0 Å². The van der Waals surface area contributed by atoms with E-state index in [0.717, 1.165) is 110 Å². The van der Waals surface area contributed by atoms with E-state index in [1.54, 1.807) is 11.0 Å². The molecule has 3 aromatic rings. The molecule has 0 saturated carbocycles. The van der Waals surface area contributed by atoms with Gasteiger partial charge in [0.1, 0.15) is 6.54 Å². The Morgan fingerprint density at radius 2 is 1.57 bits per heavy atom. The van der Waals surface area contributed by atoms with Crippen LogP contribution in [0.1, 0.15) is 90.7 Å². The number of fused-ring (bicyclic) bond motifs is 2. The van der Waals surface area contributed by atoms with E-state index < -0.39 is 25.7 Å². The Kier molecular flexibility index (Phi) is 15.2. The van der Waals surface area contributed by atoms with Crippen molar-refractivity contribution in [1.82, 2.24) is 9.80 Å². The van der Waals surface area contributed by atoms with Crippen LogP contribution in [-0.2, 0) is 35.9 Å². The van der Waals surface area contributed by atoms with E-state index in [2.05, 4.69) is 101 Å². The number of rotatable bonds is 17. The van der Waals surface area contributed by atoms with Gasteiger partial charge in [0.25, 0.3) is 20.2 Å². The van der Waals surface area contributed by atoms with Gasteiger partial charge in [0.15, 0.2) is 5.71 Å². The second-order valence-corrected chi connectivity index (χ2v) is 22.5. The summed E-state index contributed by atoms with van der Waals surface area (Å²) in [6, 6.07) is 21.3. The Labute approximate surface area is 398 Å². The van der Waals surface area contributed by atoms with Crippen LogP contribution >= 0.6 is 0 Å². The molecular formula is C52H69N6O7S2+. The quantitative estimate of drug-likeness (QED) is 0.0677. The standard InChI is InChI=1S/C52H68N6O7S2/c1-8-9-29-57-45-18-11-10-17-43(45)51(2,3)47(57)27-19-38-15-14-16-39(50(38)53-40-21-23-41(24-22-40)55(7)49(59)37-56-33-31-54(6)32-34-56)20-28-48-52(4,5)44-36-42(67(63,64)65)25-26-46(44)58(48)30-12-13-35-66(60,61)62/h10-11,17-28,36H,8-9,12-16,29-35,37H2,1-7H3,(H2,60,61,62,63,64,65)/p+1/b39-20+,48-28+. The zero-order chi connectivity index (χ0) is 48.3. The fourth-order valence-electron chi connectivity index (χ4n) is 9.95. The van der Waals surface area contributed by atoms with Gasteiger partial charge in [0.05, 0.1) is 22.6 Å². The lowest BCUT2D eigenvalue weighted by molar-refractivity contribution is -0.438. The van der Waals surface area contributed by atoms with Crippen LogP contribution in [-0.4, -0.2) is 118 Å². The molecule has 1 aliphatic carbocycles. The molecule has 0 radical (unpaired) electrons. The van der Waals surface area contributed by atoms with Gasteiger partial charge < -0.3 is 20.0 Å². The number of anilines is 3. The van der Waals surface area contributed by atoms with E-state index in [1.807, 2.05) is 45.2 Å². The van der Waals surface area contributed by atoms with Crippen LogP contribution in [0.4, 0.5) is 22.7 Å². The predicted molar refractivity (Wildman–Crippen MR) is 270 cm³/mol. The summed E-state index contributed by atoms with van der Waals surface area (Å²) in [5.74, 6) is -0.312. The monoisotopic (exact) mass is 953 g/mol. The van der Waals surface area contributed by atoms with Crippen molar-refractivity contribution in [1.29, 1.82) is 0 Å². The van der Waals surface area contributed by atoms with E-state index in [4.69, 9.17) is 0 Å². The number of carbonyl (C=O) groups excluding carboxylic acids is 1. The number of likely N-dealkylation sites (N-methyl/N-ethyl adjacent to an activating group) is 2. The number of unbranched alkanes of at least 4 members (excludes halogenated alkanes) is 2. The summed E-state index contributed by atoms with van der Waals surface area (Å²) < 4.78 is 69.8. The van der Waals surface area contributed by atoms with Gasteiger partial charge in [-0.2, -0.15) is 21.4 Å². The van der Waals surface area contributed by atoms with E-state index in [9.17, 15) is 30.7 Å². The Bertz CT molecular complexity index is 2730. The number of carbonyl (C=O) groups is 1. The molecule has 4 aliphatic rings. The van der Waals surface area contributed by atoms with Gasteiger partial charge in [-0.1, -0.05) is 57.5 Å². The first-order valence-electron chi connectivity index (χ1n) is 23.7. The maximum absolute atomic E-state index is 13.4. The molecule has 3 N–H and O–H groups in total. The highest BCUT2D eigenvalue weighted by atomic mass is 32.2. The zero-order valence-corrected chi connectivity index (χ0v) is 41.9. The number of allylic oxidation sites excluding steroid dienone is 7. The number of benzene rings is 3. The molecule has 360 valence electrons. The maximum atomic E-state index is 13.4. The Morgan fingerprint density at radius 1 is 0.851 bits per heavy atom. The zero-order valence-electron chi connectivity index (χ0n) is 40.3. The van der Waals surface area contributed by atoms with Gasteiger partial charge in [-0.15, -0.1) is 0 Å². The van der Waals surface area contributed by atoms with Gasteiger partial charge in [-0.05, 0) is 118 Å². The molecule has 3 heterocycles. The summed E-state index contributed by atoms with van der Waals surface area (Å²) in [6.07, 6.45) is 14.2. The minimum absolute atomic E-state index is 0.0482. The molecular weight excluding hydrogens is 885 g/mol. The second kappa shape index (κ2) is 20.4. The summed E-state index contributed by atoms with van der Waals surface area (Å²) in [4.78, 5) is 21.5. The Balaban J connectivity index is 1.27. The van der Waals surface area contributed by atoms with Crippen molar-refractivity contribution in [3.63, 3.8) is 0 Å². The van der Waals surface area contributed by atoms with Crippen LogP contribution < -0.4 is 15.1 Å². The van der Waals surface area contributed by atoms with Crippen LogP contribution in [0.25, 0.3) is 0 Å². The minimum Gasteiger partial charge on any atom is -0.355 e. The van der Waals surface area contributed by atoms with Crippen LogP contribution in [0.2, 0.25) is 0 Å². The number of hydrogen-bond donors (Lipinski definition) is 3. The molecule has 0 atom stereocenters. The summed E-state index contributed by atoms with van der Waals surface area (Å²) in [7, 11) is -4.68. The number of nitrogens with zero attached hydrogens (tertiary/aromatic N) is 5. The van der Waals surface area contributed by atoms with Crippen LogP contribution in [0, 0.1) is 0 Å². The fraction of sp³-hybridized carbons (Fsp3) is 0.462. The van der Waals surface area contributed by atoms with Crippen molar-refractivity contribution in [3.05, 3.63) is 125 Å². The smallest absolute Gasteiger partial charge is 0.294 e. The van der Waals surface area contributed by atoms with Crippen molar-refractivity contribution in [2.24, 2.45) is 0 Å². The first-order chi connectivity index (χ1) is 31.7. The third-order valence-corrected chi connectivity index (χ3v) is 15.7. The number of amides is 1. The van der Waals surface area contributed by atoms with E-state index in [-0.39, 0.29) is 28.4 Å². The molecule has 3 aromatic carbocycles. The molecule has 0 aromatic heterocycles. The van der Waals surface area contributed by atoms with Crippen LogP contribution in [0.15, 0.2) is 118 Å². The van der Waals surface area contributed by atoms with Crippen LogP contribution in [0.5, 0.6) is 0 Å². The van der Waals surface area contributed by atoms with Gasteiger partial charge in [-0.3, -0.25) is 18.8 Å². The highest BCUT2D eigenvalue weighted by Gasteiger charge is 2.44. The van der Waals surface area contributed by atoms with Crippen molar-refractivity contribution in [2.45, 2.75) is 95.3 Å².